The Hall–Kier alpha value is -2.60. The lowest BCUT2D eigenvalue weighted by atomic mass is 10.1. The van der Waals surface area contributed by atoms with Crippen molar-refractivity contribution in [3.8, 4) is 11.5 Å². The summed E-state index contributed by atoms with van der Waals surface area (Å²) in [4.78, 5) is 24.9. The van der Waals surface area contributed by atoms with Crippen molar-refractivity contribution in [1.82, 2.24) is 0 Å². The van der Waals surface area contributed by atoms with E-state index in [1.165, 1.54) is 30.2 Å². The molecule has 2 rings (SSSR count). The van der Waals surface area contributed by atoms with Gasteiger partial charge in [-0.1, -0.05) is 0 Å². The van der Waals surface area contributed by atoms with Crippen LogP contribution in [-0.4, -0.2) is 30.6 Å². The largest absolute Gasteiger partial charge is 0.493 e. The highest BCUT2D eigenvalue weighted by Gasteiger charge is 2.10. The van der Waals surface area contributed by atoms with Crippen LogP contribution in [0.25, 0.3) is 6.08 Å². The van der Waals surface area contributed by atoms with Gasteiger partial charge in [-0.3, -0.25) is 4.79 Å². The van der Waals surface area contributed by atoms with E-state index in [1.54, 1.807) is 23.5 Å². The zero-order valence-electron chi connectivity index (χ0n) is 12.7. The number of ketones is 1. The van der Waals surface area contributed by atoms with Gasteiger partial charge in [0.25, 0.3) is 0 Å². The standard InChI is InChI=1S/C17H16O5S/c1-11-3-5-13(23-11)6-7-14(18)12-4-8-15(16(9-12)21-2)22-10-17(19)20/h3-9H,10H2,1-2H3,(H,19,20). The van der Waals surface area contributed by atoms with Gasteiger partial charge in [0.1, 0.15) is 0 Å². The SMILES string of the molecule is COc1cc(C(=O)C=Cc2ccc(C)s2)ccc1OCC(=O)O. The number of methoxy groups -OCH3 is 1. The molecule has 0 unspecified atom stereocenters. The number of hydrogen-bond donors (Lipinski definition) is 1. The van der Waals surface area contributed by atoms with Gasteiger partial charge >= 0.3 is 5.97 Å². The van der Waals surface area contributed by atoms with E-state index < -0.39 is 12.6 Å². The molecule has 0 aliphatic rings. The third-order valence-electron chi connectivity index (χ3n) is 2.96. The molecule has 1 aromatic heterocycles. The van der Waals surface area contributed by atoms with E-state index in [0.717, 1.165) is 4.88 Å². The first-order valence-corrected chi connectivity index (χ1v) is 7.62. The summed E-state index contributed by atoms with van der Waals surface area (Å²) in [5.74, 6) is -0.651. The minimum atomic E-state index is -1.08. The van der Waals surface area contributed by atoms with Gasteiger partial charge in [-0.25, -0.2) is 4.79 Å². The van der Waals surface area contributed by atoms with Gasteiger partial charge in [0.05, 0.1) is 7.11 Å². The predicted octanol–water partition coefficient (Wildman–Crippen LogP) is 3.42. The van der Waals surface area contributed by atoms with Crippen molar-refractivity contribution in [2.75, 3.05) is 13.7 Å². The molecule has 0 amide bonds. The van der Waals surface area contributed by atoms with E-state index in [4.69, 9.17) is 14.6 Å². The number of carboxylic acid groups (broad SMARTS) is 1. The van der Waals surface area contributed by atoms with Crippen LogP contribution in [0.15, 0.2) is 36.4 Å². The molecule has 0 saturated carbocycles. The number of rotatable bonds is 7. The number of allylic oxidation sites excluding steroid dienone is 1. The lowest BCUT2D eigenvalue weighted by Crippen LogP contribution is -2.10. The number of aliphatic carboxylic acids is 1. The van der Waals surface area contributed by atoms with E-state index in [2.05, 4.69) is 0 Å². The molecule has 1 aromatic carbocycles. The van der Waals surface area contributed by atoms with Crippen molar-refractivity contribution < 1.29 is 24.2 Å². The maximum absolute atomic E-state index is 12.2. The summed E-state index contributed by atoms with van der Waals surface area (Å²) < 4.78 is 10.2. The predicted molar refractivity (Wildman–Crippen MR) is 88.5 cm³/mol. The van der Waals surface area contributed by atoms with Crippen LogP contribution in [0.5, 0.6) is 11.5 Å². The number of benzene rings is 1. The van der Waals surface area contributed by atoms with E-state index >= 15 is 0 Å². The van der Waals surface area contributed by atoms with Gasteiger partial charge in [0, 0.05) is 15.3 Å². The van der Waals surface area contributed by atoms with E-state index in [1.807, 2.05) is 19.1 Å². The fourth-order valence-corrected chi connectivity index (χ4v) is 2.66. The maximum atomic E-state index is 12.2. The Labute approximate surface area is 137 Å². The van der Waals surface area contributed by atoms with Crippen molar-refractivity contribution in [3.63, 3.8) is 0 Å². The first-order chi connectivity index (χ1) is 11.0. The summed E-state index contributed by atoms with van der Waals surface area (Å²) in [6.07, 6.45) is 3.26. The highest BCUT2D eigenvalue weighted by atomic mass is 32.1. The lowest BCUT2D eigenvalue weighted by molar-refractivity contribution is -0.139. The first kappa shape index (κ1) is 16.8. The van der Waals surface area contributed by atoms with Crippen LogP contribution < -0.4 is 9.47 Å². The van der Waals surface area contributed by atoms with Crippen molar-refractivity contribution in [2.24, 2.45) is 0 Å². The molecule has 0 bridgehead atoms. The lowest BCUT2D eigenvalue weighted by Gasteiger charge is -2.09. The Morgan fingerprint density at radius 2 is 2.00 bits per heavy atom. The Kier molecular flexibility index (Phi) is 5.54. The molecule has 0 saturated heterocycles. The van der Waals surface area contributed by atoms with E-state index in [9.17, 15) is 9.59 Å². The first-order valence-electron chi connectivity index (χ1n) is 6.81. The molecule has 0 aliphatic carbocycles. The third-order valence-corrected chi connectivity index (χ3v) is 3.93. The van der Waals surface area contributed by atoms with Crippen molar-refractivity contribution in [1.29, 1.82) is 0 Å². The molecule has 23 heavy (non-hydrogen) atoms. The fourth-order valence-electron chi connectivity index (χ4n) is 1.88. The molecule has 1 N–H and O–H groups in total. The second-order valence-corrected chi connectivity index (χ2v) is 6.01. The van der Waals surface area contributed by atoms with E-state index in [0.29, 0.717) is 11.3 Å². The molecular formula is C17H16O5S. The van der Waals surface area contributed by atoms with Gasteiger partial charge in [-0.15, -0.1) is 11.3 Å². The van der Waals surface area contributed by atoms with Crippen LogP contribution in [0.1, 0.15) is 20.1 Å². The molecule has 1 heterocycles. The van der Waals surface area contributed by atoms with Gasteiger partial charge in [0.15, 0.2) is 23.9 Å². The Bertz CT molecular complexity index is 745. The third kappa shape index (κ3) is 4.69. The minimum absolute atomic E-state index is 0.167. The zero-order chi connectivity index (χ0) is 16.8. The van der Waals surface area contributed by atoms with Crippen LogP contribution >= 0.6 is 11.3 Å². The van der Waals surface area contributed by atoms with Crippen LogP contribution in [0.4, 0.5) is 0 Å². The summed E-state index contributed by atoms with van der Waals surface area (Å²) in [5, 5.41) is 8.63. The number of ether oxygens (including phenoxy) is 2. The number of hydrogen-bond acceptors (Lipinski definition) is 5. The van der Waals surface area contributed by atoms with Gasteiger partial charge in [-0.2, -0.15) is 0 Å². The molecule has 0 radical (unpaired) electrons. The molecule has 120 valence electrons. The Morgan fingerprint density at radius 3 is 2.61 bits per heavy atom. The maximum Gasteiger partial charge on any atom is 0.341 e. The van der Waals surface area contributed by atoms with Crippen LogP contribution in [-0.2, 0) is 4.79 Å². The monoisotopic (exact) mass is 332 g/mol. The summed E-state index contributed by atoms with van der Waals surface area (Å²) in [6, 6.07) is 8.58. The second kappa shape index (κ2) is 7.60. The number of carboxylic acids is 1. The summed E-state index contributed by atoms with van der Waals surface area (Å²) in [6.45, 7) is 1.53. The van der Waals surface area contributed by atoms with Crippen LogP contribution in [0, 0.1) is 6.92 Å². The number of carbonyl (C=O) groups is 2. The van der Waals surface area contributed by atoms with Crippen molar-refractivity contribution >= 4 is 29.2 Å². The molecule has 0 fully saturated rings. The normalized spacial score (nSPS) is 10.7. The molecule has 2 aromatic rings. The molecule has 0 spiro atoms. The van der Waals surface area contributed by atoms with E-state index in [-0.39, 0.29) is 11.5 Å². The number of carbonyl (C=O) groups excluding carboxylic acids is 1. The Balaban J connectivity index is 2.14. The Morgan fingerprint density at radius 1 is 1.22 bits per heavy atom. The van der Waals surface area contributed by atoms with Gasteiger partial charge < -0.3 is 14.6 Å². The number of thiophene rings is 1. The quantitative estimate of drug-likeness (QED) is 0.621. The molecule has 0 aliphatic heterocycles. The smallest absolute Gasteiger partial charge is 0.341 e. The van der Waals surface area contributed by atoms with Gasteiger partial charge in [0.2, 0.25) is 0 Å². The van der Waals surface area contributed by atoms with Crippen molar-refractivity contribution in [2.45, 2.75) is 6.92 Å². The molecule has 5 nitrogen and oxygen atoms in total. The zero-order valence-corrected chi connectivity index (χ0v) is 13.6. The minimum Gasteiger partial charge on any atom is -0.493 e. The highest BCUT2D eigenvalue weighted by molar-refractivity contribution is 7.12. The van der Waals surface area contributed by atoms with Crippen LogP contribution in [0.2, 0.25) is 0 Å². The fraction of sp³-hybridized carbons (Fsp3) is 0.176. The van der Waals surface area contributed by atoms with Crippen LogP contribution in [0.3, 0.4) is 0 Å². The molecular weight excluding hydrogens is 316 g/mol. The number of aryl methyl sites for hydroxylation is 1. The average molecular weight is 332 g/mol. The highest BCUT2D eigenvalue weighted by Crippen LogP contribution is 2.28. The summed E-state index contributed by atoms with van der Waals surface area (Å²) >= 11 is 1.60. The topological polar surface area (TPSA) is 72.8 Å². The second-order valence-electron chi connectivity index (χ2n) is 4.69. The summed E-state index contributed by atoms with van der Waals surface area (Å²) in [5.41, 5.74) is 0.439. The average Bonchev–Trinajstić information content (AvgIpc) is 2.95. The summed E-state index contributed by atoms with van der Waals surface area (Å²) in [7, 11) is 1.43. The van der Waals surface area contributed by atoms with Gasteiger partial charge in [-0.05, 0) is 49.4 Å². The molecule has 0 atom stereocenters. The van der Waals surface area contributed by atoms with Crippen molar-refractivity contribution in [3.05, 3.63) is 51.7 Å². The molecule has 6 heteroatoms.